The standard InChI is InChI=1S/C16H11Br2N/c17-13-5-1-11(2-6-13)15-9-10-16(19-15)12-3-7-14(18)8-4-12/h1-10,19H. The van der Waals surface area contributed by atoms with E-state index in [0.29, 0.717) is 0 Å². The van der Waals surface area contributed by atoms with E-state index in [0.717, 1.165) is 20.3 Å². The number of halogens is 2. The summed E-state index contributed by atoms with van der Waals surface area (Å²) < 4.78 is 2.19. The zero-order valence-corrected chi connectivity index (χ0v) is 13.2. The average molecular weight is 377 g/mol. The fourth-order valence-corrected chi connectivity index (χ4v) is 2.52. The Hall–Kier alpha value is -1.32. The second-order valence-corrected chi connectivity index (χ2v) is 6.13. The fourth-order valence-electron chi connectivity index (χ4n) is 1.99. The van der Waals surface area contributed by atoms with Gasteiger partial charge < -0.3 is 4.98 Å². The van der Waals surface area contributed by atoms with Crippen LogP contribution in [0.2, 0.25) is 0 Å². The Morgan fingerprint density at radius 3 is 1.26 bits per heavy atom. The van der Waals surface area contributed by atoms with Gasteiger partial charge in [0.2, 0.25) is 0 Å². The summed E-state index contributed by atoms with van der Waals surface area (Å²) in [5.41, 5.74) is 4.63. The molecule has 1 nitrogen and oxygen atoms in total. The van der Waals surface area contributed by atoms with Gasteiger partial charge in [0.05, 0.1) is 0 Å². The largest absolute Gasteiger partial charge is 0.355 e. The Bertz CT molecular complexity index is 622. The Morgan fingerprint density at radius 1 is 0.526 bits per heavy atom. The molecule has 0 aliphatic rings. The molecule has 19 heavy (non-hydrogen) atoms. The first-order valence-electron chi connectivity index (χ1n) is 5.93. The van der Waals surface area contributed by atoms with Crippen LogP contribution in [0.25, 0.3) is 22.5 Å². The average Bonchev–Trinajstić information content (AvgIpc) is 2.90. The number of aromatic nitrogens is 1. The third-order valence-corrected chi connectivity index (χ3v) is 4.05. The lowest BCUT2D eigenvalue weighted by Crippen LogP contribution is -1.79. The first-order valence-corrected chi connectivity index (χ1v) is 7.52. The molecule has 0 radical (unpaired) electrons. The van der Waals surface area contributed by atoms with Crippen molar-refractivity contribution < 1.29 is 0 Å². The molecule has 0 saturated carbocycles. The van der Waals surface area contributed by atoms with Gasteiger partial charge in [0.15, 0.2) is 0 Å². The van der Waals surface area contributed by atoms with Crippen molar-refractivity contribution in [3.8, 4) is 22.5 Å². The predicted octanol–water partition coefficient (Wildman–Crippen LogP) is 5.87. The molecular formula is C16H11Br2N. The Balaban J connectivity index is 1.95. The smallest absolute Gasteiger partial charge is 0.0458 e. The second-order valence-electron chi connectivity index (χ2n) is 4.30. The summed E-state index contributed by atoms with van der Waals surface area (Å²) >= 11 is 6.90. The van der Waals surface area contributed by atoms with Gasteiger partial charge in [-0.3, -0.25) is 0 Å². The highest BCUT2D eigenvalue weighted by molar-refractivity contribution is 9.10. The Kier molecular flexibility index (Phi) is 3.58. The SMILES string of the molecule is Brc1ccc(-c2ccc(-c3ccc(Br)cc3)[nH]2)cc1. The van der Waals surface area contributed by atoms with Gasteiger partial charge in [0, 0.05) is 20.3 Å². The summed E-state index contributed by atoms with van der Waals surface area (Å²) in [5, 5.41) is 0. The van der Waals surface area contributed by atoms with Crippen LogP contribution in [0.3, 0.4) is 0 Å². The van der Waals surface area contributed by atoms with Crippen LogP contribution in [-0.2, 0) is 0 Å². The molecule has 0 unspecified atom stereocenters. The molecule has 1 N–H and O–H groups in total. The van der Waals surface area contributed by atoms with E-state index in [-0.39, 0.29) is 0 Å². The monoisotopic (exact) mass is 375 g/mol. The maximum atomic E-state index is 3.45. The molecule has 0 saturated heterocycles. The van der Waals surface area contributed by atoms with Crippen LogP contribution < -0.4 is 0 Å². The molecular weight excluding hydrogens is 366 g/mol. The highest BCUT2D eigenvalue weighted by Crippen LogP contribution is 2.26. The van der Waals surface area contributed by atoms with Crippen LogP contribution in [0, 0.1) is 0 Å². The van der Waals surface area contributed by atoms with Crippen molar-refractivity contribution in [2.45, 2.75) is 0 Å². The van der Waals surface area contributed by atoms with E-state index in [4.69, 9.17) is 0 Å². The number of benzene rings is 2. The van der Waals surface area contributed by atoms with Crippen LogP contribution in [0.15, 0.2) is 69.6 Å². The molecule has 2 aromatic carbocycles. The van der Waals surface area contributed by atoms with E-state index < -0.39 is 0 Å². The molecule has 94 valence electrons. The van der Waals surface area contributed by atoms with Crippen molar-refractivity contribution >= 4 is 31.9 Å². The third-order valence-electron chi connectivity index (χ3n) is 3.00. The van der Waals surface area contributed by atoms with Gasteiger partial charge in [-0.25, -0.2) is 0 Å². The summed E-state index contributed by atoms with van der Waals surface area (Å²) in [4.78, 5) is 3.45. The molecule has 0 bridgehead atoms. The minimum Gasteiger partial charge on any atom is -0.355 e. The normalized spacial score (nSPS) is 10.6. The topological polar surface area (TPSA) is 15.8 Å². The van der Waals surface area contributed by atoms with Crippen molar-refractivity contribution in [3.63, 3.8) is 0 Å². The second kappa shape index (κ2) is 5.35. The molecule has 0 aliphatic heterocycles. The van der Waals surface area contributed by atoms with Gasteiger partial charge >= 0.3 is 0 Å². The van der Waals surface area contributed by atoms with Crippen LogP contribution in [0.1, 0.15) is 0 Å². The maximum Gasteiger partial charge on any atom is 0.0458 e. The Morgan fingerprint density at radius 2 is 0.895 bits per heavy atom. The van der Waals surface area contributed by atoms with Gasteiger partial charge in [-0.1, -0.05) is 56.1 Å². The molecule has 3 aromatic rings. The van der Waals surface area contributed by atoms with E-state index in [1.807, 2.05) is 0 Å². The highest BCUT2D eigenvalue weighted by Gasteiger charge is 2.03. The van der Waals surface area contributed by atoms with Crippen LogP contribution >= 0.6 is 31.9 Å². The predicted molar refractivity (Wildman–Crippen MR) is 87.1 cm³/mol. The lowest BCUT2D eigenvalue weighted by molar-refractivity contribution is 1.39. The van der Waals surface area contributed by atoms with Gasteiger partial charge in [-0.05, 0) is 47.5 Å². The number of hydrogen-bond donors (Lipinski definition) is 1. The minimum absolute atomic E-state index is 1.09. The van der Waals surface area contributed by atoms with Crippen molar-refractivity contribution in [3.05, 3.63) is 69.6 Å². The van der Waals surface area contributed by atoms with Crippen molar-refractivity contribution in [1.82, 2.24) is 4.98 Å². The molecule has 1 aromatic heterocycles. The van der Waals surface area contributed by atoms with Crippen LogP contribution in [-0.4, -0.2) is 4.98 Å². The van der Waals surface area contributed by atoms with Crippen molar-refractivity contribution in [1.29, 1.82) is 0 Å². The van der Waals surface area contributed by atoms with Crippen molar-refractivity contribution in [2.24, 2.45) is 0 Å². The van der Waals surface area contributed by atoms with E-state index in [1.54, 1.807) is 0 Å². The first-order chi connectivity index (χ1) is 9.22. The van der Waals surface area contributed by atoms with Crippen molar-refractivity contribution in [2.75, 3.05) is 0 Å². The van der Waals surface area contributed by atoms with E-state index in [9.17, 15) is 0 Å². The molecule has 0 aliphatic carbocycles. The molecule has 0 fully saturated rings. The number of H-pyrrole nitrogens is 1. The quantitative estimate of drug-likeness (QED) is 0.575. The van der Waals surface area contributed by atoms with Gasteiger partial charge in [-0.2, -0.15) is 0 Å². The third kappa shape index (κ3) is 2.82. The zero-order valence-electron chi connectivity index (χ0n) is 10.0. The van der Waals surface area contributed by atoms with Gasteiger partial charge in [0.1, 0.15) is 0 Å². The maximum absolute atomic E-state index is 3.45. The van der Waals surface area contributed by atoms with E-state index in [1.165, 1.54) is 11.1 Å². The molecule has 0 atom stereocenters. The molecule has 3 heteroatoms. The molecule has 1 heterocycles. The lowest BCUT2D eigenvalue weighted by Gasteiger charge is -2.00. The van der Waals surface area contributed by atoms with Gasteiger partial charge in [-0.15, -0.1) is 0 Å². The number of aromatic amines is 1. The summed E-state index contributed by atoms with van der Waals surface area (Å²) in [6.07, 6.45) is 0. The Labute approximate surface area is 128 Å². The summed E-state index contributed by atoms with van der Waals surface area (Å²) in [5.74, 6) is 0. The lowest BCUT2D eigenvalue weighted by atomic mass is 10.2. The minimum atomic E-state index is 1.09. The number of nitrogens with one attached hydrogen (secondary N) is 1. The number of hydrogen-bond acceptors (Lipinski definition) is 0. The molecule has 0 amide bonds. The van der Waals surface area contributed by atoms with Crippen LogP contribution in [0.4, 0.5) is 0 Å². The zero-order chi connectivity index (χ0) is 13.2. The summed E-state index contributed by atoms with van der Waals surface area (Å²) in [6, 6.07) is 20.8. The number of rotatable bonds is 2. The molecule has 3 rings (SSSR count). The summed E-state index contributed by atoms with van der Waals surface area (Å²) in [6.45, 7) is 0. The van der Waals surface area contributed by atoms with E-state index >= 15 is 0 Å². The van der Waals surface area contributed by atoms with Crippen LogP contribution in [0.5, 0.6) is 0 Å². The van der Waals surface area contributed by atoms with E-state index in [2.05, 4.69) is 97.5 Å². The highest BCUT2D eigenvalue weighted by atomic mass is 79.9. The summed E-state index contributed by atoms with van der Waals surface area (Å²) in [7, 11) is 0. The first kappa shape index (κ1) is 12.7. The van der Waals surface area contributed by atoms with Gasteiger partial charge in [0.25, 0.3) is 0 Å². The fraction of sp³-hybridized carbons (Fsp3) is 0. The molecule has 0 spiro atoms.